The van der Waals surface area contributed by atoms with Gasteiger partial charge < -0.3 is 9.88 Å². The van der Waals surface area contributed by atoms with Crippen LogP contribution < -0.4 is 5.32 Å². The standard InChI is InChI=1S/C22H29N5OS2/c1-6-10-27-14(3)25-26-21(27)29-13-19(28)24-20-17(12-23)16-9-8-15(11-18(16)30-20)22(4,5)7-2/h6,15H,1,7-11,13H2,2-5H3,(H,24,28). The Morgan fingerprint density at radius 2 is 2.27 bits per heavy atom. The maximum Gasteiger partial charge on any atom is 0.235 e. The zero-order chi connectivity index (χ0) is 21.9. The first kappa shape index (κ1) is 22.6. The van der Waals surface area contributed by atoms with Gasteiger partial charge in [0.2, 0.25) is 5.91 Å². The van der Waals surface area contributed by atoms with Crippen LogP contribution >= 0.6 is 23.1 Å². The van der Waals surface area contributed by atoms with Crippen LogP contribution in [0, 0.1) is 29.6 Å². The molecular weight excluding hydrogens is 414 g/mol. The Labute approximate surface area is 186 Å². The van der Waals surface area contributed by atoms with Gasteiger partial charge in [0.1, 0.15) is 16.9 Å². The van der Waals surface area contributed by atoms with Gasteiger partial charge in [0.15, 0.2) is 5.16 Å². The quantitative estimate of drug-likeness (QED) is 0.460. The van der Waals surface area contributed by atoms with Crippen molar-refractivity contribution in [3.63, 3.8) is 0 Å². The molecule has 0 aromatic carbocycles. The van der Waals surface area contributed by atoms with Crippen LogP contribution in [0.4, 0.5) is 5.00 Å². The monoisotopic (exact) mass is 443 g/mol. The molecule has 160 valence electrons. The minimum Gasteiger partial charge on any atom is -0.316 e. The Balaban J connectivity index is 1.70. The fourth-order valence-corrected chi connectivity index (χ4v) is 5.94. The highest BCUT2D eigenvalue weighted by atomic mass is 32.2. The van der Waals surface area contributed by atoms with Crippen LogP contribution in [-0.4, -0.2) is 26.4 Å². The van der Waals surface area contributed by atoms with E-state index in [1.165, 1.54) is 16.6 Å². The molecule has 1 atom stereocenters. The summed E-state index contributed by atoms with van der Waals surface area (Å²) in [5, 5.41) is 22.3. The maximum atomic E-state index is 12.6. The van der Waals surface area contributed by atoms with Crippen LogP contribution in [0.15, 0.2) is 17.8 Å². The van der Waals surface area contributed by atoms with E-state index >= 15 is 0 Å². The molecule has 1 aliphatic carbocycles. The van der Waals surface area contributed by atoms with Crippen molar-refractivity contribution in [3.05, 3.63) is 34.5 Å². The van der Waals surface area contributed by atoms with Crippen molar-refractivity contribution < 1.29 is 4.79 Å². The summed E-state index contributed by atoms with van der Waals surface area (Å²) in [4.78, 5) is 13.9. The molecule has 6 nitrogen and oxygen atoms in total. The van der Waals surface area contributed by atoms with Gasteiger partial charge in [-0.1, -0.05) is 45.0 Å². The predicted octanol–water partition coefficient (Wildman–Crippen LogP) is 4.98. The number of aromatic nitrogens is 3. The van der Waals surface area contributed by atoms with E-state index in [1.54, 1.807) is 17.4 Å². The number of nitrogens with zero attached hydrogens (tertiary/aromatic N) is 4. The zero-order valence-electron chi connectivity index (χ0n) is 18.1. The number of thiophene rings is 1. The van der Waals surface area contributed by atoms with Gasteiger partial charge >= 0.3 is 0 Å². The van der Waals surface area contributed by atoms with Gasteiger partial charge in [0, 0.05) is 11.4 Å². The number of rotatable bonds is 8. The number of amides is 1. The molecule has 2 aromatic rings. The number of hydrogen-bond donors (Lipinski definition) is 1. The van der Waals surface area contributed by atoms with E-state index in [0.717, 1.165) is 37.1 Å². The minimum atomic E-state index is -0.133. The van der Waals surface area contributed by atoms with Crippen LogP contribution in [0.5, 0.6) is 0 Å². The molecule has 0 bridgehead atoms. The number of carbonyl (C=O) groups is 1. The second-order valence-corrected chi connectivity index (χ2v) is 10.4. The first-order chi connectivity index (χ1) is 14.3. The van der Waals surface area contributed by atoms with E-state index in [2.05, 4.69) is 48.9 Å². The summed E-state index contributed by atoms with van der Waals surface area (Å²) in [6.45, 7) is 13.1. The lowest BCUT2D eigenvalue weighted by Gasteiger charge is -2.36. The summed E-state index contributed by atoms with van der Waals surface area (Å²) < 4.78 is 1.92. The lowest BCUT2D eigenvalue weighted by molar-refractivity contribution is -0.113. The van der Waals surface area contributed by atoms with Crippen LogP contribution in [0.1, 0.15) is 55.4 Å². The minimum absolute atomic E-state index is 0.133. The smallest absolute Gasteiger partial charge is 0.235 e. The van der Waals surface area contributed by atoms with Crippen LogP contribution in [-0.2, 0) is 24.2 Å². The highest BCUT2D eigenvalue weighted by Crippen LogP contribution is 2.45. The number of fused-ring (bicyclic) bond motifs is 1. The van der Waals surface area contributed by atoms with Crippen molar-refractivity contribution in [1.29, 1.82) is 5.26 Å². The fourth-order valence-electron chi connectivity index (χ4n) is 3.85. The average molecular weight is 444 g/mol. The Kier molecular flexibility index (Phi) is 7.04. The van der Waals surface area contributed by atoms with Gasteiger partial charge in [0.25, 0.3) is 0 Å². The molecular formula is C22H29N5OS2. The first-order valence-corrected chi connectivity index (χ1v) is 12.1. The topological polar surface area (TPSA) is 83.6 Å². The van der Waals surface area contributed by atoms with Crippen molar-refractivity contribution >= 4 is 34.0 Å². The van der Waals surface area contributed by atoms with Crippen molar-refractivity contribution in [3.8, 4) is 6.07 Å². The lowest BCUT2D eigenvalue weighted by atomic mass is 9.69. The SMILES string of the molecule is C=CCn1c(C)nnc1SCC(=O)Nc1sc2c(c1C#N)CCC(C(C)(C)CC)C2. The van der Waals surface area contributed by atoms with Gasteiger partial charge in [-0.3, -0.25) is 4.79 Å². The van der Waals surface area contributed by atoms with E-state index in [0.29, 0.717) is 28.2 Å². The third-order valence-corrected chi connectivity index (χ3v) is 8.33. The Morgan fingerprint density at radius 1 is 1.50 bits per heavy atom. The van der Waals surface area contributed by atoms with Crippen LogP contribution in [0.25, 0.3) is 0 Å². The third kappa shape index (κ3) is 4.62. The van der Waals surface area contributed by atoms with Crippen molar-refractivity contribution in [2.24, 2.45) is 11.3 Å². The fraction of sp³-hybridized carbons (Fsp3) is 0.545. The summed E-state index contributed by atoms with van der Waals surface area (Å²) >= 11 is 2.91. The first-order valence-electron chi connectivity index (χ1n) is 10.3. The number of nitriles is 1. The Bertz CT molecular complexity index is 983. The average Bonchev–Trinajstić information content (AvgIpc) is 3.25. The van der Waals surface area contributed by atoms with Gasteiger partial charge in [-0.05, 0) is 43.1 Å². The van der Waals surface area contributed by atoms with Crippen molar-refractivity contribution in [2.75, 3.05) is 11.1 Å². The molecule has 0 spiro atoms. The van der Waals surface area contributed by atoms with Crippen LogP contribution in [0.2, 0.25) is 0 Å². The molecule has 0 saturated heterocycles. The Morgan fingerprint density at radius 3 is 2.93 bits per heavy atom. The second-order valence-electron chi connectivity index (χ2n) is 8.37. The predicted molar refractivity (Wildman–Crippen MR) is 123 cm³/mol. The summed E-state index contributed by atoms with van der Waals surface area (Å²) in [5.41, 5.74) is 2.07. The molecule has 8 heteroatoms. The van der Waals surface area contributed by atoms with Gasteiger partial charge in [-0.2, -0.15) is 5.26 Å². The molecule has 1 amide bonds. The van der Waals surface area contributed by atoms with Gasteiger partial charge in [-0.25, -0.2) is 0 Å². The molecule has 0 radical (unpaired) electrons. The number of carbonyl (C=O) groups excluding carboxylic acids is 1. The van der Waals surface area contributed by atoms with E-state index < -0.39 is 0 Å². The maximum absolute atomic E-state index is 12.6. The van der Waals surface area contributed by atoms with Gasteiger partial charge in [-0.15, -0.1) is 28.1 Å². The molecule has 1 aliphatic rings. The Hall–Kier alpha value is -2.11. The molecule has 0 fully saturated rings. The molecule has 0 saturated carbocycles. The number of allylic oxidation sites excluding steroid dienone is 1. The number of hydrogen-bond acceptors (Lipinski definition) is 6. The summed E-state index contributed by atoms with van der Waals surface area (Å²) in [6, 6.07) is 2.33. The summed E-state index contributed by atoms with van der Waals surface area (Å²) in [6.07, 6.45) is 5.92. The van der Waals surface area contributed by atoms with E-state index in [9.17, 15) is 10.1 Å². The molecule has 0 aliphatic heterocycles. The molecule has 2 aromatic heterocycles. The molecule has 2 heterocycles. The highest BCUT2D eigenvalue weighted by Gasteiger charge is 2.34. The molecule has 30 heavy (non-hydrogen) atoms. The molecule has 1 N–H and O–H groups in total. The largest absolute Gasteiger partial charge is 0.316 e. The van der Waals surface area contributed by atoms with E-state index in [1.807, 2.05) is 11.5 Å². The zero-order valence-corrected chi connectivity index (χ0v) is 19.8. The van der Waals surface area contributed by atoms with Crippen molar-refractivity contribution in [2.45, 2.75) is 65.1 Å². The van der Waals surface area contributed by atoms with Crippen molar-refractivity contribution in [1.82, 2.24) is 14.8 Å². The number of aryl methyl sites for hydroxylation is 1. The third-order valence-electron chi connectivity index (χ3n) is 6.19. The number of anilines is 1. The molecule has 1 unspecified atom stereocenters. The van der Waals surface area contributed by atoms with Crippen LogP contribution in [0.3, 0.4) is 0 Å². The molecule has 3 rings (SSSR count). The lowest BCUT2D eigenvalue weighted by Crippen LogP contribution is -2.28. The number of thioether (sulfide) groups is 1. The van der Waals surface area contributed by atoms with Gasteiger partial charge in [0.05, 0.1) is 11.3 Å². The summed E-state index contributed by atoms with van der Waals surface area (Å²) in [5.74, 6) is 1.49. The number of nitrogens with one attached hydrogen (secondary N) is 1. The summed E-state index contributed by atoms with van der Waals surface area (Å²) in [7, 11) is 0. The van der Waals surface area contributed by atoms with E-state index in [4.69, 9.17) is 0 Å². The normalized spacial score (nSPS) is 16.0. The highest BCUT2D eigenvalue weighted by molar-refractivity contribution is 7.99. The van der Waals surface area contributed by atoms with E-state index in [-0.39, 0.29) is 17.1 Å². The second kappa shape index (κ2) is 9.36.